The van der Waals surface area contributed by atoms with Crippen molar-refractivity contribution in [3.8, 4) is 22.3 Å². The molecular formula is C54H72Cl2SiZr. The molecular weight excluding hydrogens is 839 g/mol. The number of halogens is 2. The van der Waals surface area contributed by atoms with E-state index in [0.29, 0.717) is 18.1 Å². The first-order valence-corrected chi connectivity index (χ1v) is 36.7. The maximum atomic E-state index is 2.93. The summed E-state index contributed by atoms with van der Waals surface area (Å²) < 4.78 is 6.94. The van der Waals surface area contributed by atoms with Gasteiger partial charge >= 0.3 is 346 Å². The monoisotopic (exact) mass is 908 g/mol. The van der Waals surface area contributed by atoms with E-state index in [0.717, 1.165) is 0 Å². The van der Waals surface area contributed by atoms with Crippen LogP contribution < -0.4 is 0 Å². The summed E-state index contributed by atoms with van der Waals surface area (Å²) in [5, 5.41) is 0. The molecule has 0 bridgehead atoms. The van der Waals surface area contributed by atoms with Crippen molar-refractivity contribution in [2.75, 3.05) is 0 Å². The second-order valence-electron chi connectivity index (χ2n) is 20.2. The van der Waals surface area contributed by atoms with Crippen LogP contribution in [0.25, 0.3) is 34.4 Å². The normalized spacial score (nSPS) is 21.7. The molecule has 2 fully saturated rings. The Hall–Kier alpha value is -1.96. The van der Waals surface area contributed by atoms with E-state index in [1.807, 2.05) is 0 Å². The molecule has 0 saturated heterocycles. The van der Waals surface area contributed by atoms with Gasteiger partial charge in [-0.3, -0.25) is 0 Å². The molecule has 2 atom stereocenters. The van der Waals surface area contributed by atoms with Crippen LogP contribution in [0.1, 0.15) is 159 Å². The molecule has 2 saturated carbocycles. The largest absolute Gasteiger partial charge is 0.147 e. The quantitative estimate of drug-likeness (QED) is 0.139. The zero-order chi connectivity index (χ0) is 38.8. The Kier molecular flexibility index (Phi) is 14.9. The third kappa shape index (κ3) is 8.99. The Morgan fingerprint density at radius 3 is 1.17 bits per heavy atom. The molecule has 4 aliphatic rings. The summed E-state index contributed by atoms with van der Waals surface area (Å²) in [4.78, 5) is 0. The van der Waals surface area contributed by atoms with E-state index >= 15 is 0 Å². The molecule has 0 aromatic heterocycles. The van der Waals surface area contributed by atoms with Gasteiger partial charge in [-0.25, -0.2) is 0 Å². The van der Waals surface area contributed by atoms with E-state index in [-0.39, 0.29) is 24.8 Å². The van der Waals surface area contributed by atoms with Crippen molar-refractivity contribution in [3.63, 3.8) is 0 Å². The first-order chi connectivity index (χ1) is 27.1. The molecule has 310 valence electrons. The van der Waals surface area contributed by atoms with Crippen molar-refractivity contribution in [2.24, 2.45) is 10.8 Å². The molecule has 4 aromatic rings. The number of fused-ring (bicyclic) bond motifs is 2. The first-order valence-electron chi connectivity index (χ1n) is 23.0. The molecule has 0 nitrogen and oxygen atoms in total. The van der Waals surface area contributed by atoms with E-state index in [2.05, 4.69) is 139 Å². The Balaban J connectivity index is 0.00000283. The second kappa shape index (κ2) is 19.0. The van der Waals surface area contributed by atoms with Gasteiger partial charge in [0.25, 0.3) is 0 Å². The summed E-state index contributed by atoms with van der Waals surface area (Å²) in [5.41, 5.74) is 16.5. The van der Waals surface area contributed by atoms with Crippen molar-refractivity contribution in [1.29, 1.82) is 0 Å². The fraction of sp³-hybridized carbons (Fsp3) is 0.481. The summed E-state index contributed by atoms with van der Waals surface area (Å²) in [6.45, 7) is 7.66. The minimum Gasteiger partial charge on any atom is -0.147 e. The van der Waals surface area contributed by atoms with Gasteiger partial charge in [-0.2, -0.15) is 0 Å². The molecule has 0 N–H and O–H groups in total. The van der Waals surface area contributed by atoms with Gasteiger partial charge in [0.15, 0.2) is 0 Å². The third-order valence-electron chi connectivity index (χ3n) is 15.9. The SMILES string of the molecule is CCC1(CC2=Cc3c(-c4ccccc4)cccc3[CH]2[Zr]([CH3])([CH3])(=[SiH2])[CH]2C(CC3(CC)CCCCCCC3)=Cc3c(-c4ccccc4)cccc32)CCCCCCC1.Cl.Cl. The van der Waals surface area contributed by atoms with Crippen molar-refractivity contribution < 1.29 is 17.4 Å². The summed E-state index contributed by atoms with van der Waals surface area (Å²) in [7, 11) is 0. The van der Waals surface area contributed by atoms with Crippen molar-refractivity contribution in [1.82, 2.24) is 0 Å². The summed E-state index contributed by atoms with van der Waals surface area (Å²) in [6.07, 6.45) is 30.5. The van der Waals surface area contributed by atoms with Gasteiger partial charge < -0.3 is 0 Å². The predicted octanol–water partition coefficient (Wildman–Crippen LogP) is 16.8. The Labute approximate surface area is 367 Å². The topological polar surface area (TPSA) is 0 Å². The van der Waals surface area contributed by atoms with Crippen LogP contribution in [0.4, 0.5) is 0 Å². The van der Waals surface area contributed by atoms with Crippen molar-refractivity contribution >= 4 is 43.8 Å². The standard InChI is InChI=1S/2C26H31.2CH3.2ClH.H2Si.Zr/c2*1-2-26(16-9-4-3-5-10-17-26)20-21-18-23-14-11-15-24(25(23)19-21)22-12-7-6-8-13-22;;;;;;/h2*6-8,11-15,18-19H,2-5,9-10,16-17,20H2,1H3;2*1H3;2*1H;1H2;. The average Bonchev–Trinajstić information content (AvgIpc) is 3.77. The van der Waals surface area contributed by atoms with E-state index in [1.165, 1.54) is 138 Å². The number of benzene rings is 4. The van der Waals surface area contributed by atoms with Gasteiger partial charge in [0.05, 0.1) is 0 Å². The molecule has 0 spiro atoms. The van der Waals surface area contributed by atoms with E-state index in [4.69, 9.17) is 0 Å². The fourth-order valence-corrected chi connectivity index (χ4v) is 32.5. The Bertz CT molecular complexity index is 1980. The van der Waals surface area contributed by atoms with Gasteiger partial charge in [0.1, 0.15) is 0 Å². The first kappa shape index (κ1) is 45.6. The smallest absolute Gasteiger partial charge is 0.147 e. The van der Waals surface area contributed by atoms with Gasteiger partial charge in [-0.1, -0.05) is 0 Å². The molecule has 0 amide bonds. The van der Waals surface area contributed by atoms with Crippen molar-refractivity contribution in [2.45, 2.75) is 146 Å². The summed E-state index contributed by atoms with van der Waals surface area (Å²) in [5.74, 6) is 0. The molecule has 8 rings (SSSR count). The van der Waals surface area contributed by atoms with Gasteiger partial charge in [-0.15, -0.1) is 24.8 Å². The molecule has 0 heterocycles. The third-order valence-corrected chi connectivity index (χ3v) is 33.4. The van der Waals surface area contributed by atoms with Crippen LogP contribution in [0.3, 0.4) is 0 Å². The van der Waals surface area contributed by atoms with Crippen LogP contribution in [-0.2, 0) is 17.4 Å². The number of rotatable bonds is 10. The molecule has 4 heteroatoms. The van der Waals surface area contributed by atoms with Crippen LogP contribution >= 0.6 is 24.8 Å². The predicted molar refractivity (Wildman–Crippen MR) is 259 cm³/mol. The summed E-state index contributed by atoms with van der Waals surface area (Å²) in [6, 6.07) is 37.5. The van der Waals surface area contributed by atoms with Gasteiger partial charge in [0.2, 0.25) is 0 Å². The number of hydrogen-bond acceptors (Lipinski definition) is 0. The zero-order valence-corrected chi connectivity index (χ0v) is 41.8. The second-order valence-corrected chi connectivity index (χ2v) is 50.7. The maximum absolute atomic E-state index is 3.95. The van der Waals surface area contributed by atoms with Crippen LogP contribution in [0.5, 0.6) is 0 Å². The minimum atomic E-state index is -3.95. The van der Waals surface area contributed by atoms with Crippen LogP contribution in [0.15, 0.2) is 108 Å². The van der Waals surface area contributed by atoms with Gasteiger partial charge in [-0.05, 0) is 0 Å². The molecule has 2 unspecified atom stereocenters. The fourth-order valence-electron chi connectivity index (χ4n) is 12.9. The zero-order valence-electron chi connectivity index (χ0n) is 36.3. The Morgan fingerprint density at radius 1 is 0.483 bits per heavy atom. The van der Waals surface area contributed by atoms with Crippen LogP contribution in [0.2, 0.25) is 9.26 Å². The molecule has 58 heavy (non-hydrogen) atoms. The maximum Gasteiger partial charge on any atom is -0.147 e. The van der Waals surface area contributed by atoms with Gasteiger partial charge in [0, 0.05) is 0 Å². The minimum absolute atomic E-state index is 0. The molecule has 0 aliphatic heterocycles. The van der Waals surface area contributed by atoms with E-state index in [1.54, 1.807) is 33.4 Å². The van der Waals surface area contributed by atoms with Crippen molar-refractivity contribution in [3.05, 3.63) is 130 Å². The number of hydrogen-bond donors (Lipinski definition) is 0. The Morgan fingerprint density at radius 2 is 0.828 bits per heavy atom. The van der Waals surface area contributed by atoms with Crippen LogP contribution in [-0.4, -0.2) is 6.88 Å². The van der Waals surface area contributed by atoms with Crippen LogP contribution in [0, 0.1) is 10.8 Å². The summed E-state index contributed by atoms with van der Waals surface area (Å²) >= 11 is -3.95. The van der Waals surface area contributed by atoms with E-state index < -0.39 is 17.4 Å². The molecule has 4 aliphatic carbocycles. The average molecular weight is 911 g/mol. The molecule has 0 radical (unpaired) electrons. The number of allylic oxidation sites excluding steroid dienone is 2. The van der Waals surface area contributed by atoms with E-state index in [9.17, 15) is 0 Å². The molecule has 4 aromatic carbocycles.